The second kappa shape index (κ2) is 12.0. The van der Waals surface area contributed by atoms with Gasteiger partial charge in [-0.3, -0.25) is 9.36 Å². The number of methoxy groups -OCH3 is 1. The number of ether oxygens (including phenoxy) is 2. The molecule has 42 heavy (non-hydrogen) atoms. The minimum Gasteiger partial charge on any atom is -0.497 e. The summed E-state index contributed by atoms with van der Waals surface area (Å²) in [5, 5.41) is 9.41. The van der Waals surface area contributed by atoms with Gasteiger partial charge in [0.2, 0.25) is 0 Å². The van der Waals surface area contributed by atoms with Gasteiger partial charge in [0.1, 0.15) is 17.3 Å². The lowest BCUT2D eigenvalue weighted by Crippen LogP contribution is -2.40. The van der Waals surface area contributed by atoms with Gasteiger partial charge in [-0.25, -0.2) is 14.6 Å². The molecule has 5 rings (SSSR count). The smallest absolute Gasteiger partial charge is 0.338 e. The molecule has 4 aromatic rings. The number of hydrogen-bond donors (Lipinski definition) is 1. The second-order valence-electron chi connectivity index (χ2n) is 9.73. The molecule has 0 amide bonds. The van der Waals surface area contributed by atoms with Crippen LogP contribution in [0.25, 0.3) is 17.4 Å². The Morgan fingerprint density at radius 1 is 1.14 bits per heavy atom. The van der Waals surface area contributed by atoms with E-state index in [2.05, 4.69) is 0 Å². The molecular formula is C32H30N2O7S. The van der Waals surface area contributed by atoms with Crippen LogP contribution in [0.4, 0.5) is 0 Å². The zero-order chi connectivity index (χ0) is 30.0. The minimum absolute atomic E-state index is 0.152. The third-order valence-electron chi connectivity index (χ3n) is 6.95. The highest BCUT2D eigenvalue weighted by Crippen LogP contribution is 2.34. The number of thiazole rings is 1. The molecule has 0 spiro atoms. The van der Waals surface area contributed by atoms with Crippen LogP contribution < -0.4 is 19.6 Å². The lowest BCUT2D eigenvalue weighted by Gasteiger charge is -2.26. The molecule has 9 nitrogen and oxygen atoms in total. The number of allylic oxidation sites excluding steroid dienone is 1. The second-order valence-corrected chi connectivity index (χ2v) is 10.7. The van der Waals surface area contributed by atoms with E-state index in [1.54, 1.807) is 56.5 Å². The first-order chi connectivity index (χ1) is 20.2. The van der Waals surface area contributed by atoms with Gasteiger partial charge in [-0.2, -0.15) is 0 Å². The largest absolute Gasteiger partial charge is 0.497 e. The number of aryl methyl sites for hydroxylation is 1. The van der Waals surface area contributed by atoms with Gasteiger partial charge in [-0.15, -0.1) is 0 Å². The van der Waals surface area contributed by atoms with E-state index in [9.17, 15) is 19.5 Å². The number of rotatable bonds is 9. The van der Waals surface area contributed by atoms with Crippen LogP contribution in [0.2, 0.25) is 0 Å². The van der Waals surface area contributed by atoms with E-state index in [0.29, 0.717) is 55.4 Å². The highest BCUT2D eigenvalue weighted by molar-refractivity contribution is 7.07. The molecule has 0 radical (unpaired) electrons. The highest BCUT2D eigenvalue weighted by atomic mass is 32.1. The van der Waals surface area contributed by atoms with E-state index in [1.165, 1.54) is 15.9 Å². The molecule has 10 heteroatoms. The number of benzene rings is 2. The summed E-state index contributed by atoms with van der Waals surface area (Å²) in [6.45, 7) is 5.80. The number of fused-ring (bicyclic) bond motifs is 1. The van der Waals surface area contributed by atoms with E-state index in [4.69, 9.17) is 18.9 Å². The van der Waals surface area contributed by atoms with Gasteiger partial charge in [0.05, 0.1) is 41.1 Å². The number of carbonyl (C=O) groups excluding carboxylic acids is 1. The van der Waals surface area contributed by atoms with Gasteiger partial charge in [0, 0.05) is 11.6 Å². The third-order valence-corrected chi connectivity index (χ3v) is 7.93. The van der Waals surface area contributed by atoms with Crippen LogP contribution >= 0.6 is 11.3 Å². The number of esters is 1. The summed E-state index contributed by atoms with van der Waals surface area (Å²) < 4.78 is 18.8. The van der Waals surface area contributed by atoms with Gasteiger partial charge in [-0.05, 0) is 67.8 Å². The number of aromatic nitrogens is 1. The van der Waals surface area contributed by atoms with Crippen molar-refractivity contribution in [1.82, 2.24) is 4.57 Å². The molecular weight excluding hydrogens is 556 g/mol. The van der Waals surface area contributed by atoms with Crippen LogP contribution in [0, 0.1) is 6.92 Å². The Balaban J connectivity index is 1.67. The van der Waals surface area contributed by atoms with Crippen LogP contribution in [0.5, 0.6) is 5.75 Å². The lowest BCUT2D eigenvalue weighted by molar-refractivity contribution is -0.139. The van der Waals surface area contributed by atoms with Crippen molar-refractivity contribution >= 4 is 29.4 Å². The minimum atomic E-state index is -1.03. The Hall–Kier alpha value is -4.70. The van der Waals surface area contributed by atoms with Crippen molar-refractivity contribution in [3.63, 3.8) is 0 Å². The standard InChI is InChI=1S/C32H30N2O7S/c1-5-8-24-27(31(38)40-6-2)28(19-9-7-10-21(15-19)39-4)34-29(35)26(42-32(34)33-24)17-22-13-14-25(41-22)23-16-20(30(36)37)12-11-18(23)3/h7,9-17,28H,5-6,8H2,1-4H3,(H,36,37)/b26-17-/t28-/m1/s1. The molecule has 2 aromatic heterocycles. The Morgan fingerprint density at radius 2 is 1.95 bits per heavy atom. The monoisotopic (exact) mass is 586 g/mol. The van der Waals surface area contributed by atoms with Crippen molar-refractivity contribution in [3.05, 3.63) is 108 Å². The van der Waals surface area contributed by atoms with Crippen molar-refractivity contribution in [2.45, 2.75) is 39.7 Å². The SMILES string of the molecule is CCCC1=C(C(=O)OCC)[C@@H](c2cccc(OC)c2)n2c(s/c(=C\c3ccc(-c4cc(C(=O)O)ccc4C)o3)c2=O)=N1. The van der Waals surface area contributed by atoms with Gasteiger partial charge in [0.15, 0.2) is 4.80 Å². The Bertz CT molecular complexity index is 1890. The Morgan fingerprint density at radius 3 is 2.67 bits per heavy atom. The topological polar surface area (TPSA) is 120 Å². The number of carbonyl (C=O) groups is 2. The van der Waals surface area contributed by atoms with E-state index in [0.717, 1.165) is 12.0 Å². The van der Waals surface area contributed by atoms with Gasteiger partial charge in [0.25, 0.3) is 5.56 Å². The van der Waals surface area contributed by atoms with E-state index in [-0.39, 0.29) is 17.7 Å². The molecule has 1 aliphatic heterocycles. The number of nitrogens with zero attached hydrogens (tertiary/aromatic N) is 2. The number of aromatic carboxylic acids is 1. The zero-order valence-electron chi connectivity index (χ0n) is 23.7. The quantitative estimate of drug-likeness (QED) is 0.278. The summed E-state index contributed by atoms with van der Waals surface area (Å²) in [5.74, 6) is -0.0385. The van der Waals surface area contributed by atoms with Gasteiger partial charge < -0.3 is 19.0 Å². The fourth-order valence-electron chi connectivity index (χ4n) is 4.97. The molecule has 0 saturated carbocycles. The van der Waals surface area contributed by atoms with E-state index >= 15 is 0 Å². The average molecular weight is 587 g/mol. The normalized spacial score (nSPS) is 14.9. The Kier molecular flexibility index (Phi) is 8.26. The molecule has 0 bridgehead atoms. The summed E-state index contributed by atoms with van der Waals surface area (Å²) in [7, 11) is 1.56. The van der Waals surface area contributed by atoms with Gasteiger partial charge >= 0.3 is 11.9 Å². The molecule has 3 heterocycles. The molecule has 1 N–H and O–H groups in total. The first-order valence-electron chi connectivity index (χ1n) is 13.6. The highest BCUT2D eigenvalue weighted by Gasteiger charge is 2.34. The maximum absolute atomic E-state index is 14.0. The molecule has 1 atom stereocenters. The summed E-state index contributed by atoms with van der Waals surface area (Å²) in [5.41, 5.74) is 2.95. The average Bonchev–Trinajstić information content (AvgIpc) is 3.56. The maximum Gasteiger partial charge on any atom is 0.338 e. The summed E-state index contributed by atoms with van der Waals surface area (Å²) in [6.07, 6.45) is 2.93. The molecule has 0 fully saturated rings. The fourth-order valence-corrected chi connectivity index (χ4v) is 5.97. The maximum atomic E-state index is 14.0. The molecule has 2 aromatic carbocycles. The molecule has 216 valence electrons. The number of carboxylic acid groups (broad SMARTS) is 1. The summed E-state index contributed by atoms with van der Waals surface area (Å²) >= 11 is 1.21. The predicted octanol–water partition coefficient (Wildman–Crippen LogP) is 4.85. The Labute approximate surface area is 245 Å². The third kappa shape index (κ3) is 5.45. The lowest BCUT2D eigenvalue weighted by atomic mass is 9.94. The number of furan rings is 1. The van der Waals surface area contributed by atoms with Crippen molar-refractivity contribution in [1.29, 1.82) is 0 Å². The van der Waals surface area contributed by atoms with E-state index in [1.807, 2.05) is 32.0 Å². The molecule has 0 unspecified atom stereocenters. The van der Waals surface area contributed by atoms with Crippen molar-refractivity contribution in [2.24, 2.45) is 4.99 Å². The predicted molar refractivity (Wildman–Crippen MR) is 158 cm³/mol. The van der Waals surface area contributed by atoms with Crippen LogP contribution in [0.3, 0.4) is 0 Å². The van der Waals surface area contributed by atoms with Crippen molar-refractivity contribution in [3.8, 4) is 17.1 Å². The van der Waals surface area contributed by atoms with E-state index < -0.39 is 18.0 Å². The molecule has 0 aliphatic carbocycles. The summed E-state index contributed by atoms with van der Waals surface area (Å²) in [6, 6.07) is 14.8. The summed E-state index contributed by atoms with van der Waals surface area (Å²) in [4.78, 5) is 44.0. The first kappa shape index (κ1) is 28.8. The van der Waals surface area contributed by atoms with Crippen LogP contribution in [0.1, 0.15) is 60.0 Å². The first-order valence-corrected chi connectivity index (χ1v) is 14.4. The number of hydrogen-bond acceptors (Lipinski definition) is 8. The fraction of sp³-hybridized carbons (Fsp3) is 0.250. The van der Waals surface area contributed by atoms with Crippen LogP contribution in [0.15, 0.2) is 80.1 Å². The van der Waals surface area contributed by atoms with Crippen LogP contribution in [-0.2, 0) is 9.53 Å². The molecule has 0 saturated heterocycles. The van der Waals surface area contributed by atoms with Crippen molar-refractivity contribution < 1.29 is 28.6 Å². The number of carboxylic acids is 1. The van der Waals surface area contributed by atoms with Gasteiger partial charge in [-0.1, -0.05) is 42.9 Å². The molecule has 1 aliphatic rings. The zero-order valence-corrected chi connectivity index (χ0v) is 24.5. The van der Waals surface area contributed by atoms with Crippen LogP contribution in [-0.4, -0.2) is 35.3 Å². The van der Waals surface area contributed by atoms with Crippen molar-refractivity contribution in [2.75, 3.05) is 13.7 Å².